The van der Waals surface area contributed by atoms with Crippen LogP contribution in [-0.2, 0) is 9.53 Å². The van der Waals surface area contributed by atoms with Gasteiger partial charge in [-0.05, 0) is 6.07 Å². The molecule has 0 aromatic heterocycles. The summed E-state index contributed by atoms with van der Waals surface area (Å²) in [6.45, 7) is 1.26. The van der Waals surface area contributed by atoms with Gasteiger partial charge in [-0.1, -0.05) is 11.6 Å². The van der Waals surface area contributed by atoms with Crippen molar-refractivity contribution in [1.82, 2.24) is 5.32 Å². The molecule has 1 fully saturated rings. The molecule has 7 heteroatoms. The average molecular weight is 277 g/mol. The second kappa shape index (κ2) is 5.60. The highest BCUT2D eigenvalue weighted by Crippen LogP contribution is 2.26. The number of benzene rings is 1. The van der Waals surface area contributed by atoms with E-state index in [0.717, 1.165) is 6.07 Å². The normalized spacial score (nSPS) is 19.6. The van der Waals surface area contributed by atoms with Crippen molar-refractivity contribution in [3.8, 4) is 0 Å². The van der Waals surface area contributed by atoms with E-state index in [2.05, 4.69) is 10.6 Å². The number of nitrogens with one attached hydrogen (secondary N) is 2. The van der Waals surface area contributed by atoms with E-state index in [-0.39, 0.29) is 17.3 Å². The van der Waals surface area contributed by atoms with Crippen LogP contribution < -0.4 is 10.6 Å². The highest BCUT2D eigenvalue weighted by molar-refractivity contribution is 6.33. The topological polar surface area (TPSA) is 50.4 Å². The van der Waals surface area contributed by atoms with Gasteiger partial charge in [-0.3, -0.25) is 4.79 Å². The van der Waals surface area contributed by atoms with Gasteiger partial charge in [-0.15, -0.1) is 0 Å². The number of hydrogen-bond acceptors (Lipinski definition) is 3. The molecule has 1 saturated heterocycles. The van der Waals surface area contributed by atoms with Crippen LogP contribution >= 0.6 is 11.6 Å². The zero-order valence-electron chi connectivity index (χ0n) is 9.30. The van der Waals surface area contributed by atoms with Crippen molar-refractivity contribution >= 4 is 23.2 Å². The highest BCUT2D eigenvalue weighted by Gasteiger charge is 2.23. The first-order valence-corrected chi connectivity index (χ1v) is 5.72. The number of halogens is 3. The van der Waals surface area contributed by atoms with E-state index in [1.54, 1.807) is 0 Å². The third-order valence-electron chi connectivity index (χ3n) is 2.49. The Bertz CT molecular complexity index is 441. The smallest absolute Gasteiger partial charge is 0.244 e. The molecule has 1 amide bonds. The maximum absolute atomic E-state index is 13.4. The van der Waals surface area contributed by atoms with Gasteiger partial charge in [0.25, 0.3) is 0 Å². The highest BCUT2D eigenvalue weighted by atomic mass is 35.5. The molecule has 0 spiro atoms. The first kappa shape index (κ1) is 13.2. The third kappa shape index (κ3) is 2.95. The van der Waals surface area contributed by atoms with Crippen molar-refractivity contribution in [3.63, 3.8) is 0 Å². The first-order chi connectivity index (χ1) is 8.58. The summed E-state index contributed by atoms with van der Waals surface area (Å²) in [6, 6.07) is 1.02. The van der Waals surface area contributed by atoms with Crippen LogP contribution in [0.15, 0.2) is 12.1 Å². The number of carbonyl (C=O) groups is 1. The summed E-state index contributed by atoms with van der Waals surface area (Å²) >= 11 is 5.67. The molecular weight excluding hydrogens is 266 g/mol. The molecule has 18 heavy (non-hydrogen) atoms. The molecule has 0 radical (unpaired) electrons. The van der Waals surface area contributed by atoms with Crippen LogP contribution in [0.5, 0.6) is 0 Å². The van der Waals surface area contributed by atoms with Crippen molar-refractivity contribution in [1.29, 1.82) is 0 Å². The van der Waals surface area contributed by atoms with Gasteiger partial charge in [-0.25, -0.2) is 8.78 Å². The van der Waals surface area contributed by atoms with Crippen LogP contribution in [0.2, 0.25) is 5.02 Å². The molecule has 1 heterocycles. The first-order valence-electron chi connectivity index (χ1n) is 5.34. The van der Waals surface area contributed by atoms with Crippen molar-refractivity contribution < 1.29 is 18.3 Å². The Morgan fingerprint density at radius 3 is 2.89 bits per heavy atom. The predicted octanol–water partition coefficient (Wildman–Crippen LogP) is 1.55. The summed E-state index contributed by atoms with van der Waals surface area (Å²) in [5.74, 6) is -2.18. The lowest BCUT2D eigenvalue weighted by atomic mass is 10.2. The maximum Gasteiger partial charge on any atom is 0.244 e. The number of carbonyl (C=O) groups excluding carboxylic acids is 1. The van der Waals surface area contributed by atoms with Gasteiger partial charge in [-0.2, -0.15) is 0 Å². The van der Waals surface area contributed by atoms with Crippen molar-refractivity contribution in [2.75, 3.05) is 25.1 Å². The Balaban J connectivity index is 2.11. The summed E-state index contributed by atoms with van der Waals surface area (Å²) in [5.41, 5.74) is -0.226. The summed E-state index contributed by atoms with van der Waals surface area (Å²) in [6.07, 6.45) is 0. The van der Waals surface area contributed by atoms with Gasteiger partial charge >= 0.3 is 0 Å². The van der Waals surface area contributed by atoms with Crippen LogP contribution in [0, 0.1) is 11.6 Å². The van der Waals surface area contributed by atoms with Crippen molar-refractivity contribution in [3.05, 3.63) is 28.8 Å². The average Bonchev–Trinajstić information content (AvgIpc) is 2.34. The Morgan fingerprint density at radius 1 is 1.50 bits per heavy atom. The summed E-state index contributed by atoms with van der Waals surface area (Å²) in [7, 11) is 0. The Hall–Kier alpha value is -1.24. The minimum absolute atomic E-state index is 0.183. The van der Waals surface area contributed by atoms with E-state index in [0.29, 0.717) is 19.2 Å². The largest absolute Gasteiger partial charge is 0.378 e. The van der Waals surface area contributed by atoms with E-state index in [1.807, 2.05) is 0 Å². The fourth-order valence-corrected chi connectivity index (χ4v) is 1.85. The van der Waals surface area contributed by atoms with Gasteiger partial charge in [0.15, 0.2) is 5.82 Å². The number of ether oxygens (including phenoxy) is 1. The van der Waals surface area contributed by atoms with Crippen molar-refractivity contribution in [2.45, 2.75) is 6.04 Å². The van der Waals surface area contributed by atoms with E-state index < -0.39 is 23.6 Å². The van der Waals surface area contributed by atoms with Gasteiger partial charge in [0.05, 0.1) is 23.9 Å². The molecule has 1 atom stereocenters. The second-order valence-corrected chi connectivity index (χ2v) is 4.22. The van der Waals surface area contributed by atoms with Crippen LogP contribution in [0.4, 0.5) is 14.5 Å². The van der Waals surface area contributed by atoms with Gasteiger partial charge < -0.3 is 15.4 Å². The minimum atomic E-state index is -0.912. The Kier molecular flexibility index (Phi) is 4.11. The number of morpholine rings is 1. The fraction of sp³-hybridized carbons (Fsp3) is 0.364. The van der Waals surface area contributed by atoms with E-state index in [9.17, 15) is 13.6 Å². The number of rotatable bonds is 2. The Morgan fingerprint density at radius 2 is 2.28 bits per heavy atom. The molecule has 1 unspecified atom stereocenters. The van der Waals surface area contributed by atoms with E-state index in [1.165, 1.54) is 0 Å². The van der Waals surface area contributed by atoms with E-state index >= 15 is 0 Å². The zero-order chi connectivity index (χ0) is 13.1. The summed E-state index contributed by atoms with van der Waals surface area (Å²) < 4.78 is 31.4. The van der Waals surface area contributed by atoms with Crippen LogP contribution in [0.1, 0.15) is 0 Å². The van der Waals surface area contributed by atoms with E-state index in [4.69, 9.17) is 16.3 Å². The standard InChI is InChI=1S/C11H11ClF2N2O2/c12-7-3-6(13)4-8(14)10(7)16-11(17)9-5-18-2-1-15-9/h3-4,9,15H,1-2,5H2,(H,16,17). The lowest BCUT2D eigenvalue weighted by molar-refractivity contribution is -0.120. The van der Waals surface area contributed by atoms with Crippen LogP contribution in [0.25, 0.3) is 0 Å². The lowest BCUT2D eigenvalue weighted by Gasteiger charge is -2.23. The molecule has 1 aromatic rings. The number of anilines is 1. The lowest BCUT2D eigenvalue weighted by Crippen LogP contribution is -2.49. The van der Waals surface area contributed by atoms with Crippen molar-refractivity contribution in [2.24, 2.45) is 0 Å². The van der Waals surface area contributed by atoms with Crippen LogP contribution in [-0.4, -0.2) is 31.7 Å². The molecule has 2 N–H and O–H groups in total. The fourth-order valence-electron chi connectivity index (χ4n) is 1.61. The SMILES string of the molecule is O=C(Nc1c(F)cc(F)cc1Cl)C1COCCN1. The molecule has 1 aliphatic heterocycles. The quantitative estimate of drug-likeness (QED) is 0.862. The minimum Gasteiger partial charge on any atom is -0.378 e. The van der Waals surface area contributed by atoms with Gasteiger partial charge in [0, 0.05) is 12.6 Å². The Labute approximate surface area is 107 Å². The molecule has 1 aromatic carbocycles. The molecule has 2 rings (SSSR count). The predicted molar refractivity (Wildman–Crippen MR) is 62.6 cm³/mol. The molecule has 1 aliphatic rings. The third-order valence-corrected chi connectivity index (χ3v) is 2.79. The molecule has 0 aliphatic carbocycles. The molecule has 98 valence electrons. The number of hydrogen-bond donors (Lipinski definition) is 2. The number of amides is 1. The van der Waals surface area contributed by atoms with Gasteiger partial charge in [0.1, 0.15) is 11.9 Å². The molecule has 0 saturated carbocycles. The molecular formula is C11H11ClF2N2O2. The maximum atomic E-state index is 13.4. The monoisotopic (exact) mass is 276 g/mol. The molecule has 0 bridgehead atoms. The molecule has 4 nitrogen and oxygen atoms in total. The van der Waals surface area contributed by atoms with Gasteiger partial charge in [0.2, 0.25) is 5.91 Å². The second-order valence-electron chi connectivity index (χ2n) is 3.82. The van der Waals surface area contributed by atoms with Crippen LogP contribution in [0.3, 0.4) is 0 Å². The zero-order valence-corrected chi connectivity index (χ0v) is 10.1. The summed E-state index contributed by atoms with van der Waals surface area (Å²) in [4.78, 5) is 11.8. The summed E-state index contributed by atoms with van der Waals surface area (Å²) in [5, 5.41) is 5.05.